The Kier molecular flexibility index (Phi) is 4.34. The first-order valence-corrected chi connectivity index (χ1v) is 7.80. The first kappa shape index (κ1) is 15.8. The van der Waals surface area contributed by atoms with E-state index in [0.29, 0.717) is 11.1 Å². The summed E-state index contributed by atoms with van der Waals surface area (Å²) in [6.07, 6.45) is -0.711. The summed E-state index contributed by atoms with van der Waals surface area (Å²) in [4.78, 5) is 22.1. The van der Waals surface area contributed by atoms with Crippen molar-refractivity contribution >= 4 is 23.0 Å². The van der Waals surface area contributed by atoms with Gasteiger partial charge >= 0.3 is 5.97 Å². The van der Waals surface area contributed by atoms with Gasteiger partial charge in [-0.2, -0.15) is 11.3 Å². The summed E-state index contributed by atoms with van der Waals surface area (Å²) in [5.41, 5.74) is 0.967. The molecule has 0 radical (unpaired) electrons. The highest BCUT2D eigenvalue weighted by Crippen LogP contribution is 2.25. The summed E-state index contributed by atoms with van der Waals surface area (Å²) in [7, 11) is 0. The second-order valence-corrected chi connectivity index (χ2v) is 5.59. The van der Waals surface area contributed by atoms with E-state index in [1.54, 1.807) is 23.8 Å². The van der Waals surface area contributed by atoms with Crippen LogP contribution in [-0.2, 0) is 4.74 Å². The maximum absolute atomic E-state index is 11.9. The van der Waals surface area contributed by atoms with E-state index in [0.717, 1.165) is 0 Å². The van der Waals surface area contributed by atoms with E-state index < -0.39 is 17.0 Å². The Hall–Kier alpha value is -3.07. The number of nitro benzene ring substituents is 1. The molecule has 0 unspecified atom stereocenters. The Morgan fingerprint density at radius 1 is 1.29 bits per heavy atom. The highest BCUT2D eigenvalue weighted by atomic mass is 32.1. The fraction of sp³-hybridized carbons (Fsp3) is 0.133. The van der Waals surface area contributed by atoms with Crippen LogP contribution < -0.4 is 0 Å². The minimum atomic E-state index is -0.711. The van der Waals surface area contributed by atoms with Gasteiger partial charge in [-0.15, -0.1) is 10.2 Å². The fourth-order valence-electron chi connectivity index (χ4n) is 1.90. The van der Waals surface area contributed by atoms with Crippen molar-refractivity contribution in [2.24, 2.45) is 0 Å². The summed E-state index contributed by atoms with van der Waals surface area (Å²) in [5.74, 6) is -0.135. The molecule has 0 aliphatic heterocycles. The first-order valence-electron chi connectivity index (χ1n) is 6.86. The molecule has 0 saturated carbocycles. The van der Waals surface area contributed by atoms with Crippen molar-refractivity contribution in [2.75, 3.05) is 0 Å². The van der Waals surface area contributed by atoms with Gasteiger partial charge in [0, 0.05) is 23.1 Å². The molecule has 3 rings (SSSR count). The molecule has 1 aromatic carbocycles. The molecule has 3 aromatic rings. The maximum atomic E-state index is 11.9. The minimum absolute atomic E-state index is 0.0310. The van der Waals surface area contributed by atoms with E-state index in [-0.39, 0.29) is 17.5 Å². The predicted molar refractivity (Wildman–Crippen MR) is 84.5 cm³/mol. The third kappa shape index (κ3) is 3.30. The molecular formula is C15H11N3O5S. The van der Waals surface area contributed by atoms with Gasteiger partial charge in [0.1, 0.15) is 0 Å². The van der Waals surface area contributed by atoms with Crippen LogP contribution in [0.25, 0.3) is 11.5 Å². The summed E-state index contributed by atoms with van der Waals surface area (Å²) in [5, 5.41) is 21.8. The Balaban J connectivity index is 1.72. The van der Waals surface area contributed by atoms with Crippen LogP contribution in [0.3, 0.4) is 0 Å². The smallest absolute Gasteiger partial charge is 0.339 e. The van der Waals surface area contributed by atoms with Gasteiger partial charge < -0.3 is 9.15 Å². The SMILES string of the molecule is C[C@@H](OC(=O)c1ccsc1)c1nnc(-c2ccc([N+](=O)[O-])cc2)o1. The molecule has 2 aromatic heterocycles. The third-order valence-corrected chi connectivity index (χ3v) is 3.84. The highest BCUT2D eigenvalue weighted by molar-refractivity contribution is 7.08. The molecule has 24 heavy (non-hydrogen) atoms. The molecule has 122 valence electrons. The lowest BCUT2D eigenvalue weighted by Gasteiger charge is -2.07. The van der Waals surface area contributed by atoms with E-state index in [9.17, 15) is 14.9 Å². The van der Waals surface area contributed by atoms with Gasteiger partial charge in [0.25, 0.3) is 11.6 Å². The standard InChI is InChI=1S/C15H11N3O5S/c1-9(22-15(19)11-6-7-24-8-11)13-16-17-14(23-13)10-2-4-12(5-3-10)18(20)21/h2-9H,1H3/t9-/m1/s1. The van der Waals surface area contributed by atoms with E-state index >= 15 is 0 Å². The average Bonchev–Trinajstić information content (AvgIpc) is 3.26. The lowest BCUT2D eigenvalue weighted by atomic mass is 10.2. The van der Waals surface area contributed by atoms with Gasteiger partial charge in [0.05, 0.1) is 10.5 Å². The van der Waals surface area contributed by atoms with Crippen molar-refractivity contribution in [1.82, 2.24) is 10.2 Å². The number of carbonyl (C=O) groups excluding carboxylic acids is 1. The van der Waals surface area contributed by atoms with Crippen LogP contribution in [0, 0.1) is 10.1 Å². The number of ether oxygens (including phenoxy) is 1. The van der Waals surface area contributed by atoms with Crippen molar-refractivity contribution < 1.29 is 18.9 Å². The molecule has 9 heteroatoms. The number of aromatic nitrogens is 2. The van der Waals surface area contributed by atoms with Crippen LogP contribution >= 0.6 is 11.3 Å². The van der Waals surface area contributed by atoms with Crippen molar-refractivity contribution in [3.8, 4) is 11.5 Å². The van der Waals surface area contributed by atoms with Gasteiger partial charge in [-0.25, -0.2) is 4.79 Å². The zero-order valence-corrected chi connectivity index (χ0v) is 13.2. The Bertz CT molecular complexity index is 858. The average molecular weight is 345 g/mol. The van der Waals surface area contributed by atoms with Crippen LogP contribution in [0.15, 0.2) is 45.5 Å². The first-order chi connectivity index (χ1) is 11.5. The number of rotatable bonds is 5. The van der Waals surface area contributed by atoms with Crippen molar-refractivity contribution in [3.05, 3.63) is 62.7 Å². The molecule has 0 aliphatic rings. The number of carbonyl (C=O) groups is 1. The number of non-ortho nitro benzene ring substituents is 1. The van der Waals surface area contributed by atoms with Gasteiger partial charge in [0.2, 0.25) is 5.89 Å². The number of benzene rings is 1. The molecule has 0 spiro atoms. The minimum Gasteiger partial charge on any atom is -0.449 e. The zero-order valence-electron chi connectivity index (χ0n) is 12.4. The van der Waals surface area contributed by atoms with Crippen molar-refractivity contribution in [2.45, 2.75) is 13.0 Å². The quantitative estimate of drug-likeness (QED) is 0.394. The number of thiophene rings is 1. The molecule has 2 heterocycles. The highest BCUT2D eigenvalue weighted by Gasteiger charge is 2.20. The van der Waals surface area contributed by atoms with Gasteiger partial charge in [-0.05, 0) is 30.5 Å². The number of nitrogens with zero attached hydrogens (tertiary/aromatic N) is 3. The Labute approximate surface area is 139 Å². The van der Waals surface area contributed by atoms with Crippen LogP contribution in [0.2, 0.25) is 0 Å². The summed E-state index contributed by atoms with van der Waals surface area (Å²) in [6, 6.07) is 7.38. The molecule has 0 saturated heterocycles. The van der Waals surface area contributed by atoms with Crippen LogP contribution in [-0.4, -0.2) is 21.1 Å². The molecule has 0 N–H and O–H groups in total. The molecule has 0 bridgehead atoms. The molecule has 0 aliphatic carbocycles. The topological polar surface area (TPSA) is 108 Å². The lowest BCUT2D eigenvalue weighted by molar-refractivity contribution is -0.384. The number of esters is 1. The third-order valence-electron chi connectivity index (χ3n) is 3.15. The van der Waals surface area contributed by atoms with E-state index in [4.69, 9.17) is 9.15 Å². The predicted octanol–water partition coefficient (Wildman–Crippen LogP) is 3.62. The van der Waals surface area contributed by atoms with Gasteiger partial charge in [-0.3, -0.25) is 10.1 Å². The summed E-state index contributed by atoms with van der Waals surface area (Å²) < 4.78 is 10.7. The number of hydrogen-bond donors (Lipinski definition) is 0. The Morgan fingerprint density at radius 2 is 2.04 bits per heavy atom. The molecule has 1 atom stereocenters. The maximum Gasteiger partial charge on any atom is 0.339 e. The zero-order chi connectivity index (χ0) is 17.1. The molecule has 0 fully saturated rings. The monoisotopic (exact) mass is 345 g/mol. The number of nitro groups is 1. The summed E-state index contributed by atoms with van der Waals surface area (Å²) >= 11 is 1.40. The second kappa shape index (κ2) is 6.59. The lowest BCUT2D eigenvalue weighted by Crippen LogP contribution is -2.08. The molecular weight excluding hydrogens is 334 g/mol. The van der Waals surface area contributed by atoms with Crippen LogP contribution in [0.5, 0.6) is 0 Å². The van der Waals surface area contributed by atoms with Crippen LogP contribution in [0.4, 0.5) is 5.69 Å². The fourth-order valence-corrected chi connectivity index (χ4v) is 2.53. The van der Waals surface area contributed by atoms with E-state index in [1.807, 2.05) is 0 Å². The molecule has 8 nitrogen and oxygen atoms in total. The van der Waals surface area contributed by atoms with E-state index in [2.05, 4.69) is 10.2 Å². The summed E-state index contributed by atoms with van der Waals surface area (Å²) in [6.45, 7) is 1.62. The van der Waals surface area contributed by atoms with Gasteiger partial charge in [0.15, 0.2) is 6.10 Å². The van der Waals surface area contributed by atoms with Crippen molar-refractivity contribution in [1.29, 1.82) is 0 Å². The molecule has 0 amide bonds. The van der Waals surface area contributed by atoms with Crippen molar-refractivity contribution in [3.63, 3.8) is 0 Å². The largest absolute Gasteiger partial charge is 0.449 e. The number of hydrogen-bond acceptors (Lipinski definition) is 8. The normalized spacial score (nSPS) is 11.9. The van der Waals surface area contributed by atoms with E-state index in [1.165, 1.54) is 35.6 Å². The van der Waals surface area contributed by atoms with Crippen LogP contribution in [0.1, 0.15) is 29.3 Å². The van der Waals surface area contributed by atoms with Gasteiger partial charge in [-0.1, -0.05) is 0 Å². The second-order valence-electron chi connectivity index (χ2n) is 4.81. The Morgan fingerprint density at radius 3 is 2.67 bits per heavy atom.